The van der Waals surface area contributed by atoms with Crippen molar-refractivity contribution in [1.29, 1.82) is 0 Å². The lowest BCUT2D eigenvalue weighted by Crippen LogP contribution is -2.36. The number of rotatable bonds is 7. The van der Waals surface area contributed by atoms with Crippen LogP contribution in [0.4, 0.5) is 0 Å². The van der Waals surface area contributed by atoms with Gasteiger partial charge in [-0.1, -0.05) is 6.92 Å². The van der Waals surface area contributed by atoms with Gasteiger partial charge in [0.05, 0.1) is 23.4 Å². The number of thiazole rings is 1. The zero-order chi connectivity index (χ0) is 12.8. The molecule has 0 radical (unpaired) electrons. The summed E-state index contributed by atoms with van der Waals surface area (Å²) in [7, 11) is 0. The average molecular weight is 256 g/mol. The molecular formula is C13H24N2OS. The van der Waals surface area contributed by atoms with E-state index >= 15 is 0 Å². The lowest BCUT2D eigenvalue weighted by Gasteiger charge is -2.18. The van der Waals surface area contributed by atoms with E-state index in [1.165, 1.54) is 9.88 Å². The van der Waals surface area contributed by atoms with Crippen LogP contribution in [-0.2, 0) is 11.2 Å². The summed E-state index contributed by atoms with van der Waals surface area (Å²) in [6, 6.07) is 0.368. The number of aromatic nitrogens is 1. The summed E-state index contributed by atoms with van der Waals surface area (Å²) in [5.41, 5.74) is 1.16. The molecule has 1 heterocycles. The van der Waals surface area contributed by atoms with Crippen molar-refractivity contribution in [3.05, 3.63) is 15.6 Å². The molecule has 0 aliphatic heterocycles. The molecule has 3 nitrogen and oxygen atoms in total. The van der Waals surface area contributed by atoms with Crippen molar-refractivity contribution in [3.63, 3.8) is 0 Å². The summed E-state index contributed by atoms with van der Waals surface area (Å²) in [5, 5.41) is 4.66. The van der Waals surface area contributed by atoms with Crippen LogP contribution in [-0.4, -0.2) is 30.3 Å². The summed E-state index contributed by atoms with van der Waals surface area (Å²) in [4.78, 5) is 5.90. The van der Waals surface area contributed by atoms with Crippen molar-refractivity contribution in [3.8, 4) is 0 Å². The minimum absolute atomic E-state index is 0.288. The molecule has 0 aliphatic carbocycles. The Bertz CT molecular complexity index is 317. The molecule has 1 aromatic heterocycles. The van der Waals surface area contributed by atoms with Gasteiger partial charge in [-0.15, -0.1) is 11.3 Å². The summed E-state index contributed by atoms with van der Waals surface area (Å²) < 4.78 is 5.68. The normalized spacial score (nSPS) is 13.3. The van der Waals surface area contributed by atoms with Gasteiger partial charge in [-0.2, -0.15) is 0 Å². The Morgan fingerprint density at radius 3 is 2.53 bits per heavy atom. The van der Waals surface area contributed by atoms with Gasteiger partial charge in [0, 0.05) is 17.3 Å². The zero-order valence-corrected chi connectivity index (χ0v) is 12.4. The molecule has 0 bridgehead atoms. The SMILES string of the molecule is CCNC(COC(C)C)Cc1nc(C)c(C)s1. The second-order valence-corrected chi connectivity index (χ2v) is 5.88. The smallest absolute Gasteiger partial charge is 0.0947 e. The topological polar surface area (TPSA) is 34.1 Å². The van der Waals surface area contributed by atoms with Gasteiger partial charge in [-0.3, -0.25) is 0 Å². The molecule has 1 aromatic rings. The van der Waals surface area contributed by atoms with E-state index in [9.17, 15) is 0 Å². The van der Waals surface area contributed by atoms with Crippen LogP contribution in [0.3, 0.4) is 0 Å². The van der Waals surface area contributed by atoms with Crippen molar-refractivity contribution in [2.24, 2.45) is 0 Å². The van der Waals surface area contributed by atoms with Crippen LogP contribution in [0.1, 0.15) is 36.3 Å². The predicted molar refractivity (Wildman–Crippen MR) is 73.8 cm³/mol. The number of nitrogens with one attached hydrogen (secondary N) is 1. The molecule has 0 amide bonds. The van der Waals surface area contributed by atoms with Crippen molar-refractivity contribution < 1.29 is 4.74 Å². The summed E-state index contributed by atoms with van der Waals surface area (Å²) in [6.45, 7) is 12.2. The average Bonchev–Trinajstić information content (AvgIpc) is 2.55. The van der Waals surface area contributed by atoms with Crippen LogP contribution in [0.5, 0.6) is 0 Å². The van der Waals surface area contributed by atoms with Gasteiger partial charge >= 0.3 is 0 Å². The quantitative estimate of drug-likeness (QED) is 0.814. The van der Waals surface area contributed by atoms with Gasteiger partial charge in [0.1, 0.15) is 0 Å². The molecule has 0 aliphatic rings. The first-order valence-corrected chi connectivity index (χ1v) is 7.12. The summed E-state index contributed by atoms with van der Waals surface area (Å²) in [6.07, 6.45) is 1.25. The Morgan fingerprint density at radius 2 is 2.06 bits per heavy atom. The van der Waals surface area contributed by atoms with Crippen LogP contribution in [0.25, 0.3) is 0 Å². The van der Waals surface area contributed by atoms with E-state index in [1.807, 2.05) is 0 Å². The molecule has 0 fully saturated rings. The molecule has 0 saturated carbocycles. The van der Waals surface area contributed by atoms with Crippen molar-refractivity contribution in [1.82, 2.24) is 10.3 Å². The maximum Gasteiger partial charge on any atom is 0.0947 e. The van der Waals surface area contributed by atoms with Crippen LogP contribution in [0, 0.1) is 13.8 Å². The molecule has 0 spiro atoms. The first-order chi connectivity index (χ1) is 8.02. The molecule has 98 valence electrons. The minimum atomic E-state index is 0.288. The predicted octanol–water partition coefficient (Wildman–Crippen LogP) is 2.71. The summed E-state index contributed by atoms with van der Waals surface area (Å²) in [5.74, 6) is 0. The van der Waals surface area contributed by atoms with Gasteiger partial charge in [-0.05, 0) is 34.2 Å². The Kier molecular flexibility index (Phi) is 6.09. The van der Waals surface area contributed by atoms with Gasteiger partial charge < -0.3 is 10.1 Å². The third kappa shape index (κ3) is 5.15. The van der Waals surface area contributed by atoms with Gasteiger partial charge in [0.2, 0.25) is 0 Å². The third-order valence-electron chi connectivity index (χ3n) is 2.62. The maximum atomic E-state index is 5.68. The van der Waals surface area contributed by atoms with E-state index in [-0.39, 0.29) is 6.10 Å². The van der Waals surface area contributed by atoms with E-state index in [1.54, 1.807) is 11.3 Å². The first-order valence-electron chi connectivity index (χ1n) is 6.30. The van der Waals surface area contributed by atoms with Crippen molar-refractivity contribution >= 4 is 11.3 Å². The van der Waals surface area contributed by atoms with Gasteiger partial charge in [0.15, 0.2) is 0 Å². The maximum absolute atomic E-state index is 5.68. The monoisotopic (exact) mass is 256 g/mol. The van der Waals surface area contributed by atoms with Gasteiger partial charge in [0.25, 0.3) is 0 Å². The highest BCUT2D eigenvalue weighted by Crippen LogP contribution is 2.18. The number of aryl methyl sites for hydroxylation is 2. The van der Waals surface area contributed by atoms with Crippen LogP contribution >= 0.6 is 11.3 Å². The highest BCUT2D eigenvalue weighted by atomic mass is 32.1. The molecular weight excluding hydrogens is 232 g/mol. The van der Waals surface area contributed by atoms with Crippen molar-refractivity contribution in [2.75, 3.05) is 13.2 Å². The third-order valence-corrected chi connectivity index (χ3v) is 3.71. The standard InChI is InChI=1S/C13H24N2OS/c1-6-14-12(8-16-9(2)3)7-13-15-10(4)11(5)17-13/h9,12,14H,6-8H2,1-5H3. The lowest BCUT2D eigenvalue weighted by atomic mass is 10.2. The van der Waals surface area contributed by atoms with Crippen molar-refractivity contribution in [2.45, 2.75) is 53.2 Å². The molecule has 17 heavy (non-hydrogen) atoms. The second-order valence-electron chi connectivity index (χ2n) is 4.59. The molecule has 1 rings (SSSR count). The highest BCUT2D eigenvalue weighted by Gasteiger charge is 2.13. The Hall–Kier alpha value is -0.450. The number of likely N-dealkylation sites (N-methyl/N-ethyl adjacent to an activating group) is 1. The van der Waals surface area contributed by atoms with Crippen LogP contribution in [0.2, 0.25) is 0 Å². The summed E-state index contributed by atoms with van der Waals surface area (Å²) >= 11 is 1.80. The Morgan fingerprint density at radius 1 is 1.35 bits per heavy atom. The van der Waals surface area contributed by atoms with Crippen LogP contribution < -0.4 is 5.32 Å². The van der Waals surface area contributed by atoms with E-state index in [4.69, 9.17) is 4.74 Å². The lowest BCUT2D eigenvalue weighted by molar-refractivity contribution is 0.0616. The van der Waals surface area contributed by atoms with E-state index in [0.717, 1.165) is 25.3 Å². The fraction of sp³-hybridized carbons (Fsp3) is 0.769. The van der Waals surface area contributed by atoms with E-state index < -0.39 is 0 Å². The number of hydrogen-bond donors (Lipinski definition) is 1. The molecule has 0 aromatic carbocycles. The molecule has 1 unspecified atom stereocenters. The van der Waals surface area contributed by atoms with Gasteiger partial charge in [-0.25, -0.2) is 4.98 Å². The Balaban J connectivity index is 2.53. The fourth-order valence-electron chi connectivity index (χ4n) is 1.62. The number of hydrogen-bond acceptors (Lipinski definition) is 4. The van der Waals surface area contributed by atoms with E-state index in [0.29, 0.717) is 6.04 Å². The minimum Gasteiger partial charge on any atom is -0.377 e. The largest absolute Gasteiger partial charge is 0.377 e. The highest BCUT2D eigenvalue weighted by molar-refractivity contribution is 7.11. The molecule has 0 saturated heterocycles. The first kappa shape index (κ1) is 14.6. The molecule has 4 heteroatoms. The fourth-order valence-corrected chi connectivity index (χ4v) is 2.64. The number of ether oxygens (including phenoxy) is 1. The Labute approximate surface area is 109 Å². The second kappa shape index (κ2) is 7.09. The van der Waals surface area contributed by atoms with Crippen LogP contribution in [0.15, 0.2) is 0 Å². The molecule has 1 atom stereocenters. The van der Waals surface area contributed by atoms with E-state index in [2.05, 4.69) is 44.9 Å². The molecule has 1 N–H and O–H groups in total. The number of nitrogens with zero attached hydrogens (tertiary/aromatic N) is 1. The zero-order valence-electron chi connectivity index (χ0n) is 11.5.